The maximum absolute atomic E-state index is 11.3. The number of unbranched alkanes of at least 4 members (excludes halogenated alkanes) is 6. The topological polar surface area (TPSA) is 74.6 Å². The van der Waals surface area contributed by atoms with Crippen LogP contribution in [0.1, 0.15) is 87.5 Å². The average molecular weight is 363 g/mol. The smallest absolute Gasteiger partial charge is 0.307 e. The van der Waals surface area contributed by atoms with E-state index in [1.54, 1.807) is 0 Å². The van der Waals surface area contributed by atoms with Crippen LogP contribution in [0.15, 0.2) is 12.1 Å². The molecule has 2 N–H and O–H groups in total. The van der Waals surface area contributed by atoms with Gasteiger partial charge in [-0.15, -0.1) is 0 Å². The molecule has 0 unspecified atom stereocenters. The highest BCUT2D eigenvalue weighted by atomic mass is 16.4. The maximum Gasteiger partial charge on any atom is 0.307 e. The zero-order valence-corrected chi connectivity index (χ0v) is 16.4. The Hall–Kier alpha value is -1.84. The van der Waals surface area contributed by atoms with Crippen LogP contribution in [0.3, 0.4) is 0 Å². The van der Waals surface area contributed by atoms with Gasteiger partial charge in [-0.05, 0) is 47.9 Å². The van der Waals surface area contributed by atoms with Crippen LogP contribution in [-0.2, 0) is 35.3 Å². The first-order valence-corrected chi connectivity index (χ1v) is 10.0. The Labute approximate surface area is 157 Å². The van der Waals surface area contributed by atoms with E-state index in [0.717, 1.165) is 73.6 Å². The molecule has 1 aromatic rings. The molecule has 0 radical (unpaired) electrons. The lowest BCUT2D eigenvalue weighted by molar-refractivity contribution is -0.137. The molecule has 0 aliphatic rings. The molecular weight excluding hydrogens is 328 g/mol. The summed E-state index contributed by atoms with van der Waals surface area (Å²) in [5.74, 6) is -1.66. The molecule has 0 aromatic heterocycles. The summed E-state index contributed by atoms with van der Waals surface area (Å²) in [6.45, 7) is 4.32. The van der Waals surface area contributed by atoms with Gasteiger partial charge in [0.1, 0.15) is 0 Å². The number of benzene rings is 1. The van der Waals surface area contributed by atoms with Crippen molar-refractivity contribution in [1.29, 1.82) is 0 Å². The highest BCUT2D eigenvalue weighted by Gasteiger charge is 2.14. The molecule has 26 heavy (non-hydrogen) atoms. The molecular formula is C22H34O4. The molecule has 4 nitrogen and oxygen atoms in total. The lowest BCUT2D eigenvalue weighted by atomic mass is 9.90. The second-order valence-corrected chi connectivity index (χ2v) is 7.15. The van der Waals surface area contributed by atoms with E-state index in [9.17, 15) is 19.8 Å². The largest absolute Gasteiger partial charge is 0.481 e. The van der Waals surface area contributed by atoms with E-state index < -0.39 is 11.9 Å². The van der Waals surface area contributed by atoms with E-state index >= 15 is 0 Å². The molecule has 1 aromatic carbocycles. The third-order valence-electron chi connectivity index (χ3n) is 4.80. The van der Waals surface area contributed by atoms with Gasteiger partial charge < -0.3 is 10.2 Å². The van der Waals surface area contributed by atoms with E-state index in [1.165, 1.54) is 12.8 Å². The van der Waals surface area contributed by atoms with Gasteiger partial charge in [0.15, 0.2) is 0 Å². The Balaban J connectivity index is 3.04. The second-order valence-electron chi connectivity index (χ2n) is 7.15. The second kappa shape index (κ2) is 12.5. The maximum atomic E-state index is 11.3. The summed E-state index contributed by atoms with van der Waals surface area (Å²) in [5, 5.41) is 18.5. The number of hydrogen-bond donors (Lipinski definition) is 2. The van der Waals surface area contributed by atoms with Crippen molar-refractivity contribution in [3.8, 4) is 0 Å². The van der Waals surface area contributed by atoms with Gasteiger partial charge in [0, 0.05) is 0 Å². The Morgan fingerprint density at radius 2 is 1.04 bits per heavy atom. The molecule has 0 saturated carbocycles. The molecule has 0 heterocycles. The third kappa shape index (κ3) is 8.50. The fourth-order valence-electron chi connectivity index (χ4n) is 3.40. The van der Waals surface area contributed by atoms with E-state index in [2.05, 4.69) is 13.8 Å². The van der Waals surface area contributed by atoms with Gasteiger partial charge in [-0.1, -0.05) is 64.5 Å². The van der Waals surface area contributed by atoms with Crippen LogP contribution in [0.4, 0.5) is 0 Å². The first-order chi connectivity index (χ1) is 12.5. The lowest BCUT2D eigenvalue weighted by Crippen LogP contribution is -2.10. The lowest BCUT2D eigenvalue weighted by Gasteiger charge is -2.15. The number of carbonyl (C=O) groups is 2. The van der Waals surface area contributed by atoms with Crippen molar-refractivity contribution in [3.05, 3.63) is 34.4 Å². The molecule has 0 spiro atoms. The van der Waals surface area contributed by atoms with Crippen molar-refractivity contribution in [1.82, 2.24) is 0 Å². The van der Waals surface area contributed by atoms with Gasteiger partial charge in [-0.25, -0.2) is 0 Å². The summed E-state index contributed by atoms with van der Waals surface area (Å²) >= 11 is 0. The van der Waals surface area contributed by atoms with Gasteiger partial charge in [-0.2, -0.15) is 0 Å². The molecule has 0 atom stereocenters. The number of aliphatic carboxylic acids is 2. The van der Waals surface area contributed by atoms with Crippen LogP contribution >= 0.6 is 0 Å². The molecule has 0 amide bonds. The summed E-state index contributed by atoms with van der Waals surface area (Å²) in [5.41, 5.74) is 3.73. The molecule has 0 aliphatic carbocycles. The Morgan fingerprint density at radius 3 is 1.35 bits per heavy atom. The highest BCUT2D eigenvalue weighted by molar-refractivity contribution is 5.73. The average Bonchev–Trinajstić information content (AvgIpc) is 2.57. The number of aryl methyl sites for hydroxylation is 2. The number of carboxylic acid groups (broad SMARTS) is 2. The molecule has 1 rings (SSSR count). The Kier molecular flexibility index (Phi) is 10.7. The zero-order valence-electron chi connectivity index (χ0n) is 16.4. The van der Waals surface area contributed by atoms with Crippen LogP contribution in [-0.4, -0.2) is 22.2 Å². The van der Waals surface area contributed by atoms with Crippen molar-refractivity contribution in [2.24, 2.45) is 0 Å². The van der Waals surface area contributed by atoms with Crippen molar-refractivity contribution in [2.45, 2.75) is 90.9 Å². The van der Waals surface area contributed by atoms with Crippen LogP contribution in [0.2, 0.25) is 0 Å². The normalized spacial score (nSPS) is 10.8. The minimum atomic E-state index is -0.831. The SMILES string of the molecule is CCCCCCc1cc(CC(=O)O)c(CCCCCC)cc1CC(=O)O. The minimum absolute atomic E-state index is 0.0123. The van der Waals surface area contributed by atoms with E-state index in [0.29, 0.717) is 0 Å². The summed E-state index contributed by atoms with van der Waals surface area (Å²) in [6, 6.07) is 3.93. The molecule has 146 valence electrons. The van der Waals surface area contributed by atoms with Crippen LogP contribution < -0.4 is 0 Å². The molecule has 0 fully saturated rings. The monoisotopic (exact) mass is 362 g/mol. The van der Waals surface area contributed by atoms with Crippen LogP contribution in [0.25, 0.3) is 0 Å². The molecule has 0 aliphatic heterocycles. The quantitative estimate of drug-likeness (QED) is 0.447. The minimum Gasteiger partial charge on any atom is -0.481 e. The van der Waals surface area contributed by atoms with Crippen molar-refractivity contribution < 1.29 is 19.8 Å². The molecule has 4 heteroatoms. The van der Waals surface area contributed by atoms with Crippen LogP contribution in [0, 0.1) is 0 Å². The van der Waals surface area contributed by atoms with Gasteiger partial charge >= 0.3 is 11.9 Å². The van der Waals surface area contributed by atoms with Gasteiger partial charge in [0.2, 0.25) is 0 Å². The van der Waals surface area contributed by atoms with E-state index in [4.69, 9.17) is 0 Å². The highest BCUT2D eigenvalue weighted by Crippen LogP contribution is 2.23. The molecule has 0 bridgehead atoms. The fraction of sp³-hybridized carbons (Fsp3) is 0.636. The summed E-state index contributed by atoms with van der Waals surface area (Å²) in [7, 11) is 0. The number of carboxylic acids is 2. The Bertz CT molecular complexity index is 526. The fourth-order valence-corrected chi connectivity index (χ4v) is 3.40. The van der Waals surface area contributed by atoms with Crippen LogP contribution in [0.5, 0.6) is 0 Å². The Morgan fingerprint density at radius 1 is 0.654 bits per heavy atom. The number of rotatable bonds is 14. The first kappa shape index (κ1) is 22.2. The van der Waals surface area contributed by atoms with E-state index in [1.807, 2.05) is 12.1 Å². The summed E-state index contributed by atoms with van der Waals surface area (Å²) < 4.78 is 0. The van der Waals surface area contributed by atoms with Gasteiger partial charge in [0.05, 0.1) is 12.8 Å². The summed E-state index contributed by atoms with van der Waals surface area (Å²) in [6.07, 6.45) is 10.6. The first-order valence-electron chi connectivity index (χ1n) is 10.0. The number of hydrogen-bond acceptors (Lipinski definition) is 2. The summed E-state index contributed by atoms with van der Waals surface area (Å²) in [4.78, 5) is 22.6. The van der Waals surface area contributed by atoms with Gasteiger partial charge in [0.25, 0.3) is 0 Å². The van der Waals surface area contributed by atoms with Crippen molar-refractivity contribution >= 4 is 11.9 Å². The third-order valence-corrected chi connectivity index (χ3v) is 4.80. The zero-order chi connectivity index (χ0) is 19.4. The standard InChI is InChI=1S/C22H34O4/c1-3-5-7-9-11-17-13-20(16-22(25)26)18(12-10-8-6-4-2)14-19(17)15-21(23)24/h13-14H,3-12,15-16H2,1-2H3,(H,23,24)(H,25,26). The predicted octanol–water partition coefficient (Wildman–Crippen LogP) is 5.19. The van der Waals surface area contributed by atoms with E-state index in [-0.39, 0.29) is 12.8 Å². The van der Waals surface area contributed by atoms with Crippen molar-refractivity contribution in [3.63, 3.8) is 0 Å². The predicted molar refractivity (Wildman–Crippen MR) is 105 cm³/mol. The molecule has 0 saturated heterocycles. The van der Waals surface area contributed by atoms with Gasteiger partial charge in [-0.3, -0.25) is 9.59 Å². The van der Waals surface area contributed by atoms with Crippen molar-refractivity contribution in [2.75, 3.05) is 0 Å².